The minimum absolute atomic E-state index is 0.665. The molecule has 2 aliphatic rings. The van der Waals surface area contributed by atoms with Gasteiger partial charge < -0.3 is 4.74 Å². The maximum atomic E-state index is 5.72. The molecule has 2 fully saturated rings. The molecule has 0 saturated heterocycles. The van der Waals surface area contributed by atoms with E-state index in [2.05, 4.69) is 86.4 Å². The molecule has 0 atom stereocenters. The molecule has 4 rings (SSSR count). The molecular formula is C33H42O. The summed E-state index contributed by atoms with van der Waals surface area (Å²) in [4.78, 5) is 0. The maximum absolute atomic E-state index is 5.72. The Morgan fingerprint density at radius 2 is 1.35 bits per heavy atom. The van der Waals surface area contributed by atoms with Crippen LogP contribution in [0.15, 0.2) is 60.7 Å². The third-order valence-electron chi connectivity index (χ3n) is 8.07. The first-order valence-electron chi connectivity index (χ1n) is 13.8. The van der Waals surface area contributed by atoms with Crippen molar-refractivity contribution in [3.63, 3.8) is 0 Å². The van der Waals surface area contributed by atoms with Crippen LogP contribution < -0.4 is 4.74 Å². The number of ether oxygens (including phenoxy) is 1. The van der Waals surface area contributed by atoms with Gasteiger partial charge in [0.2, 0.25) is 0 Å². The Balaban J connectivity index is 1.21. The van der Waals surface area contributed by atoms with E-state index in [9.17, 15) is 0 Å². The highest BCUT2D eigenvalue weighted by Gasteiger charge is 2.22. The van der Waals surface area contributed by atoms with Crippen molar-refractivity contribution < 1.29 is 4.74 Å². The van der Waals surface area contributed by atoms with Crippen molar-refractivity contribution >= 4 is 0 Å². The van der Waals surface area contributed by atoms with Gasteiger partial charge in [0, 0.05) is 5.56 Å². The van der Waals surface area contributed by atoms with Gasteiger partial charge >= 0.3 is 0 Å². The SMILES string of the molecule is CCCOc1ccc(C2CCC(C=CC#Cc3ccc(C4CCC(CC)CC4)cc3)CC2)cc1. The molecule has 180 valence electrons. The zero-order chi connectivity index (χ0) is 23.6. The van der Waals surface area contributed by atoms with Gasteiger partial charge in [-0.25, -0.2) is 0 Å². The van der Waals surface area contributed by atoms with E-state index in [-0.39, 0.29) is 0 Å². The molecule has 0 radical (unpaired) electrons. The lowest BCUT2D eigenvalue weighted by Gasteiger charge is -2.28. The molecule has 2 aromatic carbocycles. The summed E-state index contributed by atoms with van der Waals surface area (Å²) < 4.78 is 5.72. The molecule has 0 aromatic heterocycles. The topological polar surface area (TPSA) is 9.23 Å². The molecule has 1 nitrogen and oxygen atoms in total. The van der Waals surface area contributed by atoms with E-state index in [1.807, 2.05) is 0 Å². The van der Waals surface area contributed by atoms with Gasteiger partial charge in [0.1, 0.15) is 5.75 Å². The van der Waals surface area contributed by atoms with Crippen LogP contribution in [0.4, 0.5) is 0 Å². The van der Waals surface area contributed by atoms with E-state index in [0.29, 0.717) is 11.8 Å². The third-order valence-corrected chi connectivity index (χ3v) is 8.07. The van der Waals surface area contributed by atoms with E-state index in [1.165, 1.54) is 68.9 Å². The summed E-state index contributed by atoms with van der Waals surface area (Å²) in [6, 6.07) is 17.9. The van der Waals surface area contributed by atoms with Crippen LogP contribution in [-0.2, 0) is 0 Å². The third kappa shape index (κ3) is 7.02. The van der Waals surface area contributed by atoms with Crippen LogP contribution in [-0.4, -0.2) is 6.61 Å². The van der Waals surface area contributed by atoms with Crippen molar-refractivity contribution in [2.45, 2.75) is 89.9 Å². The van der Waals surface area contributed by atoms with Crippen molar-refractivity contribution in [3.05, 3.63) is 77.4 Å². The molecular weight excluding hydrogens is 412 g/mol. The second kappa shape index (κ2) is 12.9. The summed E-state index contributed by atoms with van der Waals surface area (Å²) >= 11 is 0. The first-order chi connectivity index (χ1) is 16.7. The molecule has 0 bridgehead atoms. The summed E-state index contributed by atoms with van der Waals surface area (Å²) in [7, 11) is 0. The summed E-state index contributed by atoms with van der Waals surface area (Å²) in [5.41, 5.74) is 4.11. The minimum Gasteiger partial charge on any atom is -0.494 e. The quantitative estimate of drug-likeness (QED) is 0.379. The molecule has 2 aromatic rings. The van der Waals surface area contributed by atoms with Gasteiger partial charge in [-0.15, -0.1) is 0 Å². The molecule has 0 N–H and O–H groups in total. The average Bonchev–Trinajstić information content (AvgIpc) is 2.91. The molecule has 0 unspecified atom stereocenters. The highest BCUT2D eigenvalue weighted by Crippen LogP contribution is 2.38. The highest BCUT2D eigenvalue weighted by molar-refractivity contribution is 5.39. The van der Waals surface area contributed by atoms with Crippen LogP contribution in [0.25, 0.3) is 0 Å². The standard InChI is InChI=1S/C33H42O/c1-3-25-34-33-23-21-32(22-24-33)31-19-13-28(14-20-31)8-6-5-7-27-11-17-30(18-12-27)29-15-9-26(4-2)10-16-29/h6,8,11-12,17-18,21-24,26,28-29,31H,3-4,9-10,13-16,19-20,25H2,1-2H3. The fraction of sp³-hybridized carbons (Fsp3) is 0.515. The van der Waals surface area contributed by atoms with E-state index >= 15 is 0 Å². The molecule has 34 heavy (non-hydrogen) atoms. The summed E-state index contributed by atoms with van der Waals surface area (Å²) in [6.07, 6.45) is 17.4. The van der Waals surface area contributed by atoms with Gasteiger partial charge in [0.15, 0.2) is 0 Å². The molecule has 1 heteroatoms. The smallest absolute Gasteiger partial charge is 0.119 e. The number of hydrogen-bond donors (Lipinski definition) is 0. The van der Waals surface area contributed by atoms with Gasteiger partial charge in [-0.1, -0.05) is 62.5 Å². The minimum atomic E-state index is 0.665. The summed E-state index contributed by atoms with van der Waals surface area (Å²) in [6.45, 7) is 5.27. The van der Waals surface area contributed by atoms with E-state index in [1.54, 1.807) is 0 Å². The van der Waals surface area contributed by atoms with Gasteiger partial charge in [0.05, 0.1) is 6.61 Å². The Morgan fingerprint density at radius 3 is 1.94 bits per heavy atom. The Labute approximate surface area is 208 Å². The lowest BCUT2D eigenvalue weighted by atomic mass is 9.78. The summed E-state index contributed by atoms with van der Waals surface area (Å²) in [5.74, 6) is 10.7. The predicted octanol–water partition coefficient (Wildman–Crippen LogP) is 9.04. The zero-order valence-electron chi connectivity index (χ0n) is 21.3. The molecule has 0 heterocycles. The lowest BCUT2D eigenvalue weighted by molar-refractivity contribution is 0.317. The second-order valence-electron chi connectivity index (χ2n) is 10.4. The average molecular weight is 455 g/mol. The van der Waals surface area contributed by atoms with Crippen LogP contribution in [0.3, 0.4) is 0 Å². The monoisotopic (exact) mass is 454 g/mol. The van der Waals surface area contributed by atoms with Gasteiger partial charge in [-0.05, 0) is 123 Å². The Hall–Kier alpha value is -2.46. The van der Waals surface area contributed by atoms with Crippen molar-refractivity contribution in [1.29, 1.82) is 0 Å². The van der Waals surface area contributed by atoms with Crippen LogP contribution >= 0.6 is 0 Å². The maximum Gasteiger partial charge on any atom is 0.119 e. The number of benzene rings is 2. The predicted molar refractivity (Wildman–Crippen MR) is 144 cm³/mol. The number of rotatable bonds is 7. The Morgan fingerprint density at radius 1 is 0.765 bits per heavy atom. The van der Waals surface area contributed by atoms with Crippen molar-refractivity contribution in [3.8, 4) is 17.6 Å². The van der Waals surface area contributed by atoms with Gasteiger partial charge in [-0.3, -0.25) is 0 Å². The van der Waals surface area contributed by atoms with Crippen molar-refractivity contribution in [2.75, 3.05) is 6.61 Å². The summed E-state index contributed by atoms with van der Waals surface area (Å²) in [5, 5.41) is 0. The zero-order valence-corrected chi connectivity index (χ0v) is 21.3. The molecule has 0 amide bonds. The normalized spacial score (nSPS) is 25.0. The van der Waals surface area contributed by atoms with Crippen molar-refractivity contribution in [1.82, 2.24) is 0 Å². The Bertz CT molecular complexity index is 940. The van der Waals surface area contributed by atoms with Crippen molar-refractivity contribution in [2.24, 2.45) is 11.8 Å². The molecule has 0 spiro atoms. The van der Waals surface area contributed by atoms with E-state index in [0.717, 1.165) is 36.2 Å². The molecule has 2 saturated carbocycles. The van der Waals surface area contributed by atoms with Gasteiger partial charge in [0.25, 0.3) is 0 Å². The lowest BCUT2D eigenvalue weighted by Crippen LogP contribution is -2.12. The first kappa shape index (κ1) is 24.7. The van der Waals surface area contributed by atoms with Crippen LogP contribution in [0.2, 0.25) is 0 Å². The largest absolute Gasteiger partial charge is 0.494 e. The van der Waals surface area contributed by atoms with Gasteiger partial charge in [-0.2, -0.15) is 0 Å². The fourth-order valence-corrected chi connectivity index (χ4v) is 5.75. The number of hydrogen-bond acceptors (Lipinski definition) is 1. The Kier molecular flexibility index (Phi) is 9.32. The fourth-order valence-electron chi connectivity index (χ4n) is 5.75. The molecule has 0 aliphatic heterocycles. The van der Waals surface area contributed by atoms with E-state index < -0.39 is 0 Å². The number of allylic oxidation sites excluding steroid dienone is 2. The second-order valence-corrected chi connectivity index (χ2v) is 10.4. The van der Waals surface area contributed by atoms with Crippen LogP contribution in [0.1, 0.15) is 107 Å². The first-order valence-corrected chi connectivity index (χ1v) is 13.8. The van der Waals surface area contributed by atoms with Crippen LogP contribution in [0, 0.1) is 23.7 Å². The molecule has 2 aliphatic carbocycles. The highest BCUT2D eigenvalue weighted by atomic mass is 16.5. The van der Waals surface area contributed by atoms with Crippen LogP contribution in [0.5, 0.6) is 5.75 Å². The van der Waals surface area contributed by atoms with E-state index in [4.69, 9.17) is 4.74 Å².